The second kappa shape index (κ2) is 6.09. The number of hydrogen-bond donors (Lipinski definition) is 1. The number of piperidine rings is 1. The van der Waals surface area contributed by atoms with Crippen LogP contribution in [0.15, 0.2) is 18.2 Å². The van der Waals surface area contributed by atoms with Crippen LogP contribution in [0.25, 0.3) is 0 Å². The maximum Gasteiger partial charge on any atom is 0.313 e. The van der Waals surface area contributed by atoms with Crippen molar-refractivity contribution < 1.29 is 19.4 Å². The summed E-state index contributed by atoms with van der Waals surface area (Å²) in [4.78, 5) is 28.8. The first-order chi connectivity index (χ1) is 11.4. The maximum atomic E-state index is 13.1. The maximum absolute atomic E-state index is 13.1. The molecule has 1 aromatic carbocycles. The van der Waals surface area contributed by atoms with E-state index in [1.165, 1.54) is 0 Å². The first-order valence-corrected chi connectivity index (χ1v) is 8.24. The molecule has 0 bridgehead atoms. The Bertz CT molecular complexity index is 675. The summed E-state index contributed by atoms with van der Waals surface area (Å²) in [5.41, 5.74) is 0.515. The van der Waals surface area contributed by atoms with Crippen molar-refractivity contribution in [1.82, 2.24) is 9.80 Å². The van der Waals surface area contributed by atoms with Crippen LogP contribution in [0.3, 0.4) is 0 Å². The van der Waals surface area contributed by atoms with Crippen LogP contribution in [0.5, 0.6) is 5.75 Å². The minimum absolute atomic E-state index is 0.00478. The molecule has 6 heteroatoms. The van der Waals surface area contributed by atoms with Gasteiger partial charge in [-0.25, -0.2) is 0 Å². The lowest BCUT2D eigenvalue weighted by molar-refractivity contribution is -0.153. The molecule has 2 atom stereocenters. The number of carboxylic acids is 1. The molecule has 0 saturated carbocycles. The topological polar surface area (TPSA) is 70.1 Å². The molecule has 2 saturated heterocycles. The lowest BCUT2D eigenvalue weighted by Crippen LogP contribution is -2.52. The fourth-order valence-electron chi connectivity index (χ4n) is 4.17. The lowest BCUT2D eigenvalue weighted by Gasteiger charge is -2.39. The molecule has 0 unspecified atom stereocenters. The number of fused-ring (bicyclic) bond motifs is 1. The normalized spacial score (nSPS) is 27.0. The number of rotatable bonds is 3. The Labute approximate surface area is 142 Å². The van der Waals surface area contributed by atoms with E-state index in [2.05, 4.69) is 0 Å². The number of likely N-dealkylation sites (tertiary alicyclic amines) is 2. The van der Waals surface area contributed by atoms with Crippen molar-refractivity contribution in [3.8, 4) is 5.75 Å². The van der Waals surface area contributed by atoms with Gasteiger partial charge >= 0.3 is 5.97 Å². The van der Waals surface area contributed by atoms with Gasteiger partial charge in [-0.15, -0.1) is 0 Å². The number of ether oxygens (including phenoxy) is 1. The van der Waals surface area contributed by atoms with Crippen molar-refractivity contribution in [1.29, 1.82) is 0 Å². The summed E-state index contributed by atoms with van der Waals surface area (Å²) in [5.74, 6) is -0.393. The van der Waals surface area contributed by atoms with Crippen LogP contribution in [-0.2, 0) is 4.79 Å². The zero-order valence-electron chi connectivity index (χ0n) is 14.4. The molecule has 3 rings (SSSR count). The van der Waals surface area contributed by atoms with Gasteiger partial charge in [0.2, 0.25) is 0 Å². The molecule has 2 aliphatic rings. The number of hydrogen-bond acceptors (Lipinski definition) is 4. The molecular weight excluding hydrogens is 308 g/mol. The zero-order valence-corrected chi connectivity index (χ0v) is 14.4. The van der Waals surface area contributed by atoms with Crippen LogP contribution < -0.4 is 4.74 Å². The largest absolute Gasteiger partial charge is 0.496 e. The van der Waals surface area contributed by atoms with E-state index in [9.17, 15) is 14.7 Å². The predicted molar refractivity (Wildman–Crippen MR) is 89.3 cm³/mol. The Morgan fingerprint density at radius 3 is 2.75 bits per heavy atom. The summed E-state index contributed by atoms with van der Waals surface area (Å²) in [6.45, 7) is 3.99. The Hall–Kier alpha value is -2.08. The molecule has 0 aromatic heterocycles. The Morgan fingerprint density at radius 2 is 2.08 bits per heavy atom. The highest BCUT2D eigenvalue weighted by molar-refractivity contribution is 5.99. The summed E-state index contributed by atoms with van der Waals surface area (Å²) in [5, 5.41) is 9.85. The third-order valence-electron chi connectivity index (χ3n) is 5.49. The third kappa shape index (κ3) is 2.55. The minimum Gasteiger partial charge on any atom is -0.496 e. The number of methoxy groups -OCH3 is 1. The molecule has 1 aromatic rings. The minimum atomic E-state index is -0.863. The summed E-state index contributed by atoms with van der Waals surface area (Å²) >= 11 is 0. The van der Waals surface area contributed by atoms with Gasteiger partial charge in [-0.1, -0.05) is 12.1 Å². The number of carbonyl (C=O) groups excluding carboxylic acids is 1. The predicted octanol–water partition coefficient (Wildman–Crippen LogP) is 1.48. The Balaban J connectivity index is 1.92. The van der Waals surface area contributed by atoms with Gasteiger partial charge in [0, 0.05) is 19.6 Å². The van der Waals surface area contributed by atoms with E-state index in [1.54, 1.807) is 18.1 Å². The van der Waals surface area contributed by atoms with Crippen LogP contribution in [0.2, 0.25) is 0 Å². The van der Waals surface area contributed by atoms with Gasteiger partial charge in [0.25, 0.3) is 5.91 Å². The Morgan fingerprint density at radius 1 is 1.33 bits per heavy atom. The van der Waals surface area contributed by atoms with Crippen LogP contribution in [0, 0.1) is 18.3 Å². The summed E-state index contributed by atoms with van der Waals surface area (Å²) in [6.07, 6.45) is 0.803. The summed E-state index contributed by atoms with van der Waals surface area (Å²) < 4.78 is 5.34. The quantitative estimate of drug-likeness (QED) is 0.908. The molecule has 2 heterocycles. The standard InChI is InChI=1S/C18H24N2O4/c1-12-5-4-6-14(24-3)15(12)16(21)20-9-13-7-8-19(2)10-18(13,11-20)17(22)23/h4-6,13H,7-11H2,1-3H3,(H,22,23)/t13-,18-/m0/s1. The molecule has 24 heavy (non-hydrogen) atoms. The van der Waals surface area contributed by atoms with E-state index in [4.69, 9.17) is 4.74 Å². The van der Waals surface area contributed by atoms with Gasteiger partial charge in [-0.3, -0.25) is 9.59 Å². The van der Waals surface area contributed by atoms with E-state index in [0.29, 0.717) is 24.4 Å². The SMILES string of the molecule is COc1cccc(C)c1C(=O)N1C[C@@H]2CCN(C)C[C@]2(C(=O)O)C1. The van der Waals surface area contributed by atoms with Gasteiger partial charge in [-0.2, -0.15) is 0 Å². The van der Waals surface area contributed by atoms with Crippen molar-refractivity contribution in [3.05, 3.63) is 29.3 Å². The van der Waals surface area contributed by atoms with Crippen molar-refractivity contribution in [2.75, 3.05) is 40.3 Å². The van der Waals surface area contributed by atoms with E-state index in [-0.39, 0.29) is 18.4 Å². The first-order valence-electron chi connectivity index (χ1n) is 8.24. The molecular formula is C18H24N2O4. The second-order valence-electron chi connectivity index (χ2n) is 7.02. The first kappa shape index (κ1) is 16.8. The number of amides is 1. The molecule has 130 valence electrons. The van der Waals surface area contributed by atoms with Crippen LogP contribution >= 0.6 is 0 Å². The zero-order chi connectivity index (χ0) is 17.5. The van der Waals surface area contributed by atoms with E-state index in [0.717, 1.165) is 18.5 Å². The summed E-state index contributed by atoms with van der Waals surface area (Å²) in [6, 6.07) is 5.49. The molecule has 0 aliphatic carbocycles. The van der Waals surface area contributed by atoms with Crippen molar-refractivity contribution in [2.24, 2.45) is 11.3 Å². The van der Waals surface area contributed by atoms with Crippen LogP contribution in [-0.4, -0.2) is 67.1 Å². The van der Waals surface area contributed by atoms with Gasteiger partial charge in [0.1, 0.15) is 11.2 Å². The molecule has 6 nitrogen and oxygen atoms in total. The lowest BCUT2D eigenvalue weighted by atomic mass is 9.73. The number of aliphatic carboxylic acids is 1. The highest BCUT2D eigenvalue weighted by Gasteiger charge is 2.55. The molecule has 0 radical (unpaired) electrons. The van der Waals surface area contributed by atoms with Crippen molar-refractivity contribution in [3.63, 3.8) is 0 Å². The van der Waals surface area contributed by atoms with Gasteiger partial charge < -0.3 is 19.6 Å². The van der Waals surface area contributed by atoms with E-state index in [1.807, 2.05) is 31.0 Å². The number of carboxylic acid groups (broad SMARTS) is 1. The highest BCUT2D eigenvalue weighted by Crippen LogP contribution is 2.43. The molecule has 2 fully saturated rings. The van der Waals surface area contributed by atoms with Gasteiger partial charge in [0.05, 0.1) is 12.7 Å². The number of benzene rings is 1. The average molecular weight is 332 g/mol. The molecule has 2 aliphatic heterocycles. The van der Waals surface area contributed by atoms with E-state index >= 15 is 0 Å². The third-order valence-corrected chi connectivity index (χ3v) is 5.49. The number of aryl methyl sites for hydroxylation is 1. The van der Waals surface area contributed by atoms with Crippen molar-refractivity contribution >= 4 is 11.9 Å². The fourth-order valence-corrected chi connectivity index (χ4v) is 4.17. The van der Waals surface area contributed by atoms with E-state index < -0.39 is 11.4 Å². The highest BCUT2D eigenvalue weighted by atomic mass is 16.5. The van der Waals surface area contributed by atoms with Crippen LogP contribution in [0.4, 0.5) is 0 Å². The second-order valence-corrected chi connectivity index (χ2v) is 7.02. The fraction of sp³-hybridized carbons (Fsp3) is 0.556. The monoisotopic (exact) mass is 332 g/mol. The van der Waals surface area contributed by atoms with Crippen LogP contribution in [0.1, 0.15) is 22.3 Å². The molecule has 0 spiro atoms. The van der Waals surface area contributed by atoms with Gasteiger partial charge in [-0.05, 0) is 44.5 Å². The number of nitrogens with zero attached hydrogens (tertiary/aromatic N) is 2. The smallest absolute Gasteiger partial charge is 0.313 e. The summed E-state index contributed by atoms with van der Waals surface area (Å²) in [7, 11) is 3.48. The Kier molecular flexibility index (Phi) is 4.25. The van der Waals surface area contributed by atoms with Gasteiger partial charge in [0.15, 0.2) is 0 Å². The molecule has 1 N–H and O–H groups in total. The van der Waals surface area contributed by atoms with Crippen molar-refractivity contribution in [2.45, 2.75) is 13.3 Å². The molecule has 1 amide bonds. The average Bonchev–Trinajstić information content (AvgIpc) is 2.94. The number of carbonyl (C=O) groups is 2.